The number of thiazole rings is 1. The molecular weight excluding hydrogens is 344 g/mol. The zero-order valence-electron chi connectivity index (χ0n) is 14.4. The molecule has 3 rings (SSSR count). The van der Waals surface area contributed by atoms with Gasteiger partial charge in [0, 0.05) is 24.5 Å². The van der Waals surface area contributed by atoms with Crippen molar-refractivity contribution in [2.24, 2.45) is 0 Å². The lowest BCUT2D eigenvalue weighted by Gasteiger charge is -2.20. The number of likely N-dealkylation sites (tertiary alicyclic amines) is 1. The van der Waals surface area contributed by atoms with Gasteiger partial charge in [0.1, 0.15) is 6.10 Å². The summed E-state index contributed by atoms with van der Waals surface area (Å²) in [6.07, 6.45) is 2.41. The minimum Gasteiger partial charge on any atom is -0.493 e. The van der Waals surface area contributed by atoms with Crippen LogP contribution in [0.4, 0.5) is 0 Å². The van der Waals surface area contributed by atoms with Crippen molar-refractivity contribution in [3.8, 4) is 22.4 Å². The van der Waals surface area contributed by atoms with E-state index >= 15 is 0 Å². The Labute approximate surface area is 150 Å². The molecule has 2 heterocycles. The number of amides is 1. The molecule has 1 unspecified atom stereocenters. The average Bonchev–Trinajstić information content (AvgIpc) is 3.32. The van der Waals surface area contributed by atoms with Gasteiger partial charge in [0.15, 0.2) is 11.5 Å². The largest absolute Gasteiger partial charge is 0.493 e. The van der Waals surface area contributed by atoms with Crippen molar-refractivity contribution in [1.82, 2.24) is 9.88 Å². The number of carbonyl (C=O) groups excluding carboxylic acids is 1. The van der Waals surface area contributed by atoms with Gasteiger partial charge in [-0.2, -0.15) is 0 Å². The number of hydrogen-bond acceptors (Lipinski definition) is 7. The van der Waals surface area contributed by atoms with Crippen molar-refractivity contribution in [3.63, 3.8) is 0 Å². The first-order valence-corrected chi connectivity index (χ1v) is 8.70. The molecule has 7 nitrogen and oxygen atoms in total. The lowest BCUT2D eigenvalue weighted by molar-refractivity contribution is 0.0768. The Bertz CT molecular complexity index is 735. The summed E-state index contributed by atoms with van der Waals surface area (Å²) in [5.74, 6) is 1.17. The maximum Gasteiger partial charge on any atom is 0.273 e. The van der Waals surface area contributed by atoms with Gasteiger partial charge in [0.2, 0.25) is 5.75 Å². The molecule has 1 aromatic carbocycles. The molecule has 1 aromatic heterocycles. The fourth-order valence-corrected chi connectivity index (χ4v) is 3.41. The first kappa shape index (κ1) is 17.3. The molecule has 1 aliphatic rings. The zero-order chi connectivity index (χ0) is 17.8. The van der Waals surface area contributed by atoms with E-state index in [1.807, 2.05) is 5.38 Å². The molecule has 1 saturated heterocycles. The van der Waals surface area contributed by atoms with E-state index in [2.05, 4.69) is 4.98 Å². The molecule has 1 aliphatic heterocycles. The monoisotopic (exact) mass is 364 g/mol. The highest BCUT2D eigenvalue weighted by Gasteiger charge is 2.31. The molecule has 0 saturated carbocycles. The molecule has 8 heteroatoms. The summed E-state index contributed by atoms with van der Waals surface area (Å²) in [5, 5.41) is 2.49. The van der Waals surface area contributed by atoms with Crippen LogP contribution in [0.25, 0.3) is 0 Å². The number of methoxy groups -OCH3 is 3. The van der Waals surface area contributed by atoms with Gasteiger partial charge in [-0.1, -0.05) is 11.3 Å². The van der Waals surface area contributed by atoms with E-state index in [0.717, 1.165) is 6.42 Å². The predicted molar refractivity (Wildman–Crippen MR) is 93.1 cm³/mol. The minimum absolute atomic E-state index is 0.0544. The molecule has 2 aromatic rings. The maximum absolute atomic E-state index is 12.9. The highest BCUT2D eigenvalue weighted by molar-refractivity contribution is 7.11. The second-order valence-corrected chi connectivity index (χ2v) is 6.32. The van der Waals surface area contributed by atoms with E-state index in [9.17, 15) is 4.79 Å². The number of nitrogens with zero attached hydrogens (tertiary/aromatic N) is 2. The molecule has 25 heavy (non-hydrogen) atoms. The van der Waals surface area contributed by atoms with Crippen molar-refractivity contribution in [2.45, 2.75) is 12.5 Å². The minimum atomic E-state index is -0.122. The average molecular weight is 364 g/mol. The molecule has 1 fully saturated rings. The molecule has 1 atom stereocenters. The van der Waals surface area contributed by atoms with E-state index in [0.29, 0.717) is 41.1 Å². The van der Waals surface area contributed by atoms with Gasteiger partial charge in [0.25, 0.3) is 11.1 Å². The van der Waals surface area contributed by atoms with Gasteiger partial charge in [-0.3, -0.25) is 4.79 Å². The summed E-state index contributed by atoms with van der Waals surface area (Å²) in [6, 6.07) is 3.39. The highest BCUT2D eigenvalue weighted by Crippen LogP contribution is 2.40. The normalized spacial score (nSPS) is 16.6. The van der Waals surface area contributed by atoms with Crippen LogP contribution < -0.4 is 18.9 Å². The van der Waals surface area contributed by atoms with E-state index in [1.165, 1.54) is 25.6 Å². The van der Waals surface area contributed by atoms with Crippen molar-refractivity contribution < 1.29 is 23.7 Å². The Kier molecular flexibility index (Phi) is 5.28. The van der Waals surface area contributed by atoms with Crippen molar-refractivity contribution in [2.75, 3.05) is 34.4 Å². The molecule has 0 aliphatic carbocycles. The second kappa shape index (κ2) is 7.60. The second-order valence-electron chi connectivity index (χ2n) is 5.46. The Hall–Kier alpha value is -2.48. The third kappa shape index (κ3) is 3.48. The van der Waals surface area contributed by atoms with Crippen LogP contribution in [0.1, 0.15) is 16.8 Å². The number of hydrogen-bond donors (Lipinski definition) is 0. The van der Waals surface area contributed by atoms with Crippen LogP contribution >= 0.6 is 11.3 Å². The van der Waals surface area contributed by atoms with Gasteiger partial charge in [-0.15, -0.1) is 0 Å². The van der Waals surface area contributed by atoms with Crippen LogP contribution in [0.5, 0.6) is 22.4 Å². The first-order chi connectivity index (χ1) is 12.2. The van der Waals surface area contributed by atoms with Crippen LogP contribution in [-0.4, -0.2) is 56.3 Å². The molecular formula is C17H20N2O5S. The first-order valence-electron chi connectivity index (χ1n) is 7.82. The summed E-state index contributed by atoms with van der Waals surface area (Å²) in [4.78, 5) is 18.8. The molecule has 0 N–H and O–H groups in total. The molecule has 0 spiro atoms. The van der Waals surface area contributed by atoms with Crippen molar-refractivity contribution in [1.29, 1.82) is 0 Å². The topological polar surface area (TPSA) is 70.1 Å². The van der Waals surface area contributed by atoms with Gasteiger partial charge in [-0.25, -0.2) is 4.98 Å². The van der Waals surface area contributed by atoms with Gasteiger partial charge in [-0.05, 0) is 12.1 Å². The van der Waals surface area contributed by atoms with Crippen LogP contribution in [0, 0.1) is 0 Å². The SMILES string of the molecule is COc1ccc(C(=O)N2CCC(Oc3nccs3)C2)c(OC)c1OC. The standard InChI is InChI=1S/C17H20N2O5S/c1-21-13-5-4-12(14(22-2)15(13)23-3)16(20)19-8-6-11(10-19)24-17-18-7-9-25-17/h4-5,7,9,11H,6,8,10H2,1-3H3. The molecule has 134 valence electrons. The highest BCUT2D eigenvalue weighted by atomic mass is 32.1. The lowest BCUT2D eigenvalue weighted by Crippen LogP contribution is -2.31. The van der Waals surface area contributed by atoms with Crippen molar-refractivity contribution >= 4 is 17.2 Å². The summed E-state index contributed by atoms with van der Waals surface area (Å²) < 4.78 is 21.8. The van der Waals surface area contributed by atoms with Crippen LogP contribution in [0.3, 0.4) is 0 Å². The third-order valence-electron chi connectivity index (χ3n) is 4.04. The van der Waals surface area contributed by atoms with E-state index in [1.54, 1.807) is 30.3 Å². The molecule has 1 amide bonds. The number of aromatic nitrogens is 1. The van der Waals surface area contributed by atoms with E-state index < -0.39 is 0 Å². The smallest absolute Gasteiger partial charge is 0.273 e. The van der Waals surface area contributed by atoms with E-state index in [4.69, 9.17) is 18.9 Å². The molecule has 0 radical (unpaired) electrons. The third-order valence-corrected chi connectivity index (χ3v) is 4.71. The predicted octanol–water partition coefficient (Wildman–Crippen LogP) is 2.46. The van der Waals surface area contributed by atoms with Crippen molar-refractivity contribution in [3.05, 3.63) is 29.3 Å². The summed E-state index contributed by atoms with van der Waals surface area (Å²) in [7, 11) is 4.56. The number of ether oxygens (including phenoxy) is 4. The van der Waals surface area contributed by atoms with Crippen LogP contribution in [0.15, 0.2) is 23.7 Å². The Morgan fingerprint density at radius 2 is 2.00 bits per heavy atom. The number of carbonyl (C=O) groups is 1. The maximum atomic E-state index is 12.9. The van der Waals surface area contributed by atoms with Crippen LogP contribution in [-0.2, 0) is 0 Å². The summed E-state index contributed by atoms with van der Waals surface area (Å²) in [5.41, 5.74) is 0.440. The number of benzene rings is 1. The Morgan fingerprint density at radius 1 is 1.20 bits per heavy atom. The molecule has 0 bridgehead atoms. The summed E-state index contributed by atoms with van der Waals surface area (Å²) in [6.45, 7) is 1.13. The Balaban J connectivity index is 1.77. The van der Waals surface area contributed by atoms with Gasteiger partial charge in [0.05, 0.1) is 33.4 Å². The van der Waals surface area contributed by atoms with Gasteiger partial charge < -0.3 is 23.8 Å². The van der Waals surface area contributed by atoms with Gasteiger partial charge >= 0.3 is 0 Å². The quantitative estimate of drug-likeness (QED) is 0.784. The Morgan fingerprint density at radius 3 is 2.64 bits per heavy atom. The lowest BCUT2D eigenvalue weighted by atomic mass is 10.1. The fraction of sp³-hybridized carbons (Fsp3) is 0.412. The summed E-state index contributed by atoms with van der Waals surface area (Å²) >= 11 is 1.44. The fourth-order valence-electron chi connectivity index (χ4n) is 2.86. The zero-order valence-corrected chi connectivity index (χ0v) is 15.2. The number of rotatable bonds is 6. The van der Waals surface area contributed by atoms with Crippen LogP contribution in [0.2, 0.25) is 0 Å². The van der Waals surface area contributed by atoms with E-state index in [-0.39, 0.29) is 12.0 Å².